The molecule has 0 saturated carbocycles. The highest BCUT2D eigenvalue weighted by molar-refractivity contribution is 7.22. The molecule has 8 heteroatoms. The van der Waals surface area contributed by atoms with Gasteiger partial charge in [-0.2, -0.15) is 0 Å². The van der Waals surface area contributed by atoms with E-state index in [9.17, 15) is 13.6 Å². The number of aromatic nitrogens is 1. The second kappa shape index (κ2) is 8.77. The van der Waals surface area contributed by atoms with Gasteiger partial charge in [0.15, 0.2) is 22.4 Å². The van der Waals surface area contributed by atoms with Gasteiger partial charge in [0.25, 0.3) is 0 Å². The van der Waals surface area contributed by atoms with Crippen molar-refractivity contribution in [3.8, 4) is 11.5 Å². The van der Waals surface area contributed by atoms with E-state index in [2.05, 4.69) is 10.3 Å². The summed E-state index contributed by atoms with van der Waals surface area (Å²) in [7, 11) is 0. The lowest BCUT2D eigenvalue weighted by molar-refractivity contribution is -0.116. The maximum atomic E-state index is 13.7. The van der Waals surface area contributed by atoms with E-state index in [0.717, 1.165) is 17.4 Å². The molecule has 142 valence electrons. The summed E-state index contributed by atoms with van der Waals surface area (Å²) in [6.07, 6.45) is 0.698. The van der Waals surface area contributed by atoms with Crippen LogP contribution in [0.25, 0.3) is 10.2 Å². The van der Waals surface area contributed by atoms with Gasteiger partial charge in [0, 0.05) is 12.5 Å². The number of hydrogen-bond donors (Lipinski definition) is 1. The molecule has 3 aromatic rings. The lowest BCUT2D eigenvalue weighted by Crippen LogP contribution is -2.12. The van der Waals surface area contributed by atoms with Crippen LogP contribution < -0.4 is 14.8 Å². The Morgan fingerprint density at radius 3 is 2.67 bits per heavy atom. The molecule has 0 bridgehead atoms. The number of thiazole rings is 1. The van der Waals surface area contributed by atoms with Crippen molar-refractivity contribution < 1.29 is 23.0 Å². The molecule has 0 aliphatic carbocycles. The van der Waals surface area contributed by atoms with Crippen molar-refractivity contribution in [2.75, 3.05) is 18.5 Å². The van der Waals surface area contributed by atoms with E-state index >= 15 is 0 Å². The summed E-state index contributed by atoms with van der Waals surface area (Å²) in [6, 6.07) is 9.29. The van der Waals surface area contributed by atoms with E-state index in [1.807, 2.05) is 25.1 Å². The lowest BCUT2D eigenvalue weighted by atomic mass is 10.3. The van der Waals surface area contributed by atoms with Gasteiger partial charge in [-0.1, -0.05) is 23.5 Å². The van der Waals surface area contributed by atoms with Crippen LogP contribution in [0, 0.1) is 11.6 Å². The fourth-order valence-corrected chi connectivity index (χ4v) is 3.37. The van der Waals surface area contributed by atoms with Crippen molar-refractivity contribution >= 4 is 32.6 Å². The summed E-state index contributed by atoms with van der Waals surface area (Å²) >= 11 is 1.03. The van der Waals surface area contributed by atoms with E-state index in [1.54, 1.807) is 6.07 Å². The Bertz CT molecular complexity index is 946. The smallest absolute Gasteiger partial charge is 0.226 e. The minimum absolute atomic E-state index is 0.0487. The summed E-state index contributed by atoms with van der Waals surface area (Å²) in [4.78, 5) is 16.0. The van der Waals surface area contributed by atoms with Crippen molar-refractivity contribution in [3.05, 3.63) is 48.0 Å². The van der Waals surface area contributed by atoms with Crippen molar-refractivity contribution in [2.45, 2.75) is 19.8 Å². The van der Waals surface area contributed by atoms with Crippen LogP contribution in [0.4, 0.5) is 13.9 Å². The number of benzene rings is 2. The van der Waals surface area contributed by atoms with Crippen molar-refractivity contribution in [3.63, 3.8) is 0 Å². The number of rotatable bonds is 8. The highest BCUT2D eigenvalue weighted by atomic mass is 32.1. The molecule has 0 unspecified atom stereocenters. The number of nitrogens with zero attached hydrogens (tertiary/aromatic N) is 1. The van der Waals surface area contributed by atoms with Crippen LogP contribution in [0.2, 0.25) is 0 Å². The monoisotopic (exact) mass is 392 g/mol. The van der Waals surface area contributed by atoms with Gasteiger partial charge in [-0.05, 0) is 31.5 Å². The molecule has 2 aromatic carbocycles. The number of hydrogen-bond acceptors (Lipinski definition) is 5. The number of anilines is 1. The molecule has 3 rings (SSSR count). The largest absolute Gasteiger partial charge is 0.490 e. The zero-order valence-electron chi connectivity index (χ0n) is 14.6. The Morgan fingerprint density at radius 2 is 1.93 bits per heavy atom. The molecule has 1 heterocycles. The quantitative estimate of drug-likeness (QED) is 0.561. The van der Waals surface area contributed by atoms with E-state index < -0.39 is 11.6 Å². The van der Waals surface area contributed by atoms with Crippen LogP contribution >= 0.6 is 11.3 Å². The van der Waals surface area contributed by atoms with Crippen LogP contribution in [0.5, 0.6) is 11.5 Å². The van der Waals surface area contributed by atoms with Gasteiger partial charge in [0.2, 0.25) is 5.91 Å². The van der Waals surface area contributed by atoms with Gasteiger partial charge in [-0.15, -0.1) is 0 Å². The summed E-state index contributed by atoms with van der Waals surface area (Å²) in [5.41, 5.74) is 0.0487. The predicted octanol–water partition coefficient (Wildman–Crippen LogP) is 4.77. The Balaban J connectivity index is 1.50. The first-order valence-corrected chi connectivity index (χ1v) is 9.28. The third-order valence-corrected chi connectivity index (χ3v) is 4.53. The Hall–Kier alpha value is -2.74. The van der Waals surface area contributed by atoms with Crippen LogP contribution in [0.15, 0.2) is 36.4 Å². The van der Waals surface area contributed by atoms with Crippen LogP contribution in [-0.2, 0) is 4.79 Å². The first kappa shape index (κ1) is 19.0. The molecule has 27 heavy (non-hydrogen) atoms. The zero-order chi connectivity index (χ0) is 19.2. The van der Waals surface area contributed by atoms with E-state index in [4.69, 9.17) is 9.47 Å². The second-order valence-electron chi connectivity index (χ2n) is 5.63. The van der Waals surface area contributed by atoms with E-state index in [1.165, 1.54) is 6.07 Å². The third kappa shape index (κ3) is 4.91. The molecule has 0 spiro atoms. The minimum Gasteiger partial charge on any atom is -0.490 e. The standard InChI is InChI=1S/C19H18F2N2O3S/c1-2-25-14-6-3-4-7-15(14)26-9-5-8-17(24)22-19-23-18-13(21)10-12(20)11-16(18)27-19/h3-4,6-7,10-11H,2,5,8-9H2,1H3,(H,22,23,24). The molecule has 0 fully saturated rings. The number of fused-ring (bicyclic) bond motifs is 1. The maximum absolute atomic E-state index is 13.7. The van der Waals surface area contributed by atoms with Gasteiger partial charge in [-0.25, -0.2) is 13.8 Å². The molecular formula is C19H18F2N2O3S. The lowest BCUT2D eigenvalue weighted by Gasteiger charge is -2.11. The Kier molecular flexibility index (Phi) is 6.18. The molecule has 1 N–H and O–H groups in total. The highest BCUT2D eigenvalue weighted by Crippen LogP contribution is 2.29. The van der Waals surface area contributed by atoms with Crippen molar-refractivity contribution in [1.82, 2.24) is 4.98 Å². The number of carbonyl (C=O) groups excluding carboxylic acids is 1. The normalized spacial score (nSPS) is 10.8. The van der Waals surface area contributed by atoms with E-state index in [-0.39, 0.29) is 23.0 Å². The first-order valence-electron chi connectivity index (χ1n) is 8.47. The molecule has 1 amide bonds. The van der Waals surface area contributed by atoms with Gasteiger partial charge in [-0.3, -0.25) is 4.79 Å². The second-order valence-corrected chi connectivity index (χ2v) is 6.66. The summed E-state index contributed by atoms with van der Waals surface area (Å²) in [5.74, 6) is -0.401. The van der Waals surface area contributed by atoms with Gasteiger partial charge >= 0.3 is 0 Å². The number of ether oxygens (including phenoxy) is 2. The molecule has 0 aliphatic heterocycles. The number of nitrogens with one attached hydrogen (secondary N) is 1. The number of amides is 1. The summed E-state index contributed by atoms with van der Waals surface area (Å²) in [6.45, 7) is 2.77. The van der Waals surface area contributed by atoms with Crippen molar-refractivity contribution in [2.24, 2.45) is 0 Å². The van der Waals surface area contributed by atoms with Crippen LogP contribution in [0.1, 0.15) is 19.8 Å². The number of halogens is 2. The fraction of sp³-hybridized carbons (Fsp3) is 0.263. The van der Waals surface area contributed by atoms with Crippen LogP contribution in [0.3, 0.4) is 0 Å². The average molecular weight is 392 g/mol. The third-order valence-electron chi connectivity index (χ3n) is 3.61. The Morgan fingerprint density at radius 1 is 1.19 bits per heavy atom. The molecule has 0 radical (unpaired) electrons. The first-order chi connectivity index (χ1) is 13.1. The zero-order valence-corrected chi connectivity index (χ0v) is 15.4. The highest BCUT2D eigenvalue weighted by Gasteiger charge is 2.12. The van der Waals surface area contributed by atoms with Gasteiger partial charge in [0.1, 0.15) is 11.3 Å². The molecule has 1 aromatic heterocycles. The number of para-hydroxylation sites is 2. The van der Waals surface area contributed by atoms with Crippen molar-refractivity contribution in [1.29, 1.82) is 0 Å². The molecule has 5 nitrogen and oxygen atoms in total. The van der Waals surface area contributed by atoms with Gasteiger partial charge < -0.3 is 14.8 Å². The predicted molar refractivity (Wildman–Crippen MR) is 101 cm³/mol. The maximum Gasteiger partial charge on any atom is 0.226 e. The topological polar surface area (TPSA) is 60.5 Å². The summed E-state index contributed by atoms with van der Waals surface area (Å²) in [5, 5.41) is 2.85. The molecule has 0 saturated heterocycles. The molecular weight excluding hydrogens is 374 g/mol. The van der Waals surface area contributed by atoms with E-state index in [0.29, 0.717) is 35.8 Å². The minimum atomic E-state index is -0.747. The van der Waals surface area contributed by atoms with Gasteiger partial charge in [0.05, 0.1) is 17.9 Å². The average Bonchev–Trinajstić information content (AvgIpc) is 3.03. The molecule has 0 atom stereocenters. The summed E-state index contributed by atoms with van der Waals surface area (Å²) < 4.78 is 38.4. The SMILES string of the molecule is CCOc1ccccc1OCCCC(=O)Nc1nc2c(F)cc(F)cc2s1. The number of carbonyl (C=O) groups is 1. The molecule has 0 aliphatic rings. The fourth-order valence-electron chi connectivity index (χ4n) is 2.45. The van der Waals surface area contributed by atoms with Crippen LogP contribution in [-0.4, -0.2) is 24.1 Å². The Labute approximate surface area is 158 Å².